The Morgan fingerprint density at radius 1 is 1.22 bits per heavy atom. The molecule has 106 valence electrons. The van der Waals surface area contributed by atoms with Crippen LogP contribution in [0.15, 0.2) is 0 Å². The van der Waals surface area contributed by atoms with Gasteiger partial charge in [0.25, 0.3) is 0 Å². The van der Waals surface area contributed by atoms with Crippen molar-refractivity contribution in [3.8, 4) is 0 Å². The van der Waals surface area contributed by atoms with Crippen molar-refractivity contribution in [2.45, 2.75) is 13.8 Å². The normalized spacial score (nSPS) is 17.1. The summed E-state index contributed by atoms with van der Waals surface area (Å²) in [6.45, 7) is 12.6. The van der Waals surface area contributed by atoms with Gasteiger partial charge in [0.05, 0.1) is 6.54 Å². The van der Waals surface area contributed by atoms with Crippen LogP contribution in [0.5, 0.6) is 0 Å². The minimum Gasteiger partial charge on any atom is -0.342 e. The van der Waals surface area contributed by atoms with Crippen LogP contribution in [0.25, 0.3) is 0 Å². The van der Waals surface area contributed by atoms with Crippen molar-refractivity contribution in [1.29, 1.82) is 0 Å². The number of piperazine rings is 1. The van der Waals surface area contributed by atoms with Gasteiger partial charge in [-0.25, -0.2) is 0 Å². The zero-order valence-electron chi connectivity index (χ0n) is 12.1. The molecule has 5 heteroatoms. The number of carbonyl (C=O) groups is 1. The molecule has 0 unspecified atom stereocenters. The van der Waals surface area contributed by atoms with Gasteiger partial charge >= 0.3 is 0 Å². The number of amides is 1. The Balaban J connectivity index is 2.19. The van der Waals surface area contributed by atoms with E-state index in [-0.39, 0.29) is 5.91 Å². The second kappa shape index (κ2) is 8.45. The van der Waals surface area contributed by atoms with Gasteiger partial charge < -0.3 is 10.2 Å². The van der Waals surface area contributed by atoms with Crippen LogP contribution in [0.3, 0.4) is 0 Å². The number of likely N-dealkylation sites (N-methyl/N-ethyl adjacent to an activating group) is 2. The smallest absolute Gasteiger partial charge is 0.236 e. The van der Waals surface area contributed by atoms with Crippen LogP contribution in [-0.4, -0.2) is 86.6 Å². The fourth-order valence-electron chi connectivity index (χ4n) is 2.23. The van der Waals surface area contributed by atoms with Crippen LogP contribution >= 0.6 is 0 Å². The second-order valence-corrected chi connectivity index (χ2v) is 4.90. The highest BCUT2D eigenvalue weighted by Gasteiger charge is 2.14. The number of rotatable bonds is 7. The minimum absolute atomic E-state index is 0.239. The SMILES string of the molecule is CCN(CC)C(=O)CN(C)CCN1CCNCC1. The van der Waals surface area contributed by atoms with E-state index in [2.05, 4.69) is 15.1 Å². The van der Waals surface area contributed by atoms with E-state index in [1.165, 1.54) is 0 Å². The summed E-state index contributed by atoms with van der Waals surface area (Å²) in [4.78, 5) is 18.4. The van der Waals surface area contributed by atoms with Crippen molar-refractivity contribution < 1.29 is 4.79 Å². The molecule has 1 fully saturated rings. The summed E-state index contributed by atoms with van der Waals surface area (Å²) in [7, 11) is 2.03. The highest BCUT2D eigenvalue weighted by atomic mass is 16.2. The Morgan fingerprint density at radius 3 is 2.39 bits per heavy atom. The van der Waals surface area contributed by atoms with E-state index in [1.807, 2.05) is 25.8 Å². The van der Waals surface area contributed by atoms with Crippen LogP contribution in [-0.2, 0) is 4.79 Å². The summed E-state index contributed by atoms with van der Waals surface area (Å²) in [5.74, 6) is 0.239. The van der Waals surface area contributed by atoms with E-state index in [0.717, 1.165) is 52.4 Å². The lowest BCUT2D eigenvalue weighted by molar-refractivity contribution is -0.131. The third-order valence-electron chi connectivity index (χ3n) is 3.53. The third-order valence-corrected chi connectivity index (χ3v) is 3.53. The zero-order chi connectivity index (χ0) is 13.4. The Hall–Kier alpha value is -0.650. The van der Waals surface area contributed by atoms with Crippen molar-refractivity contribution in [1.82, 2.24) is 20.0 Å². The molecule has 1 rings (SSSR count). The molecule has 18 heavy (non-hydrogen) atoms. The summed E-state index contributed by atoms with van der Waals surface area (Å²) in [5, 5.41) is 3.35. The first-order valence-electron chi connectivity index (χ1n) is 7.06. The van der Waals surface area contributed by atoms with Gasteiger partial charge in [-0.3, -0.25) is 14.6 Å². The maximum atomic E-state index is 11.9. The molecule has 1 aliphatic rings. The summed E-state index contributed by atoms with van der Waals surface area (Å²) in [5.41, 5.74) is 0. The minimum atomic E-state index is 0.239. The molecule has 0 aromatic carbocycles. The summed E-state index contributed by atoms with van der Waals surface area (Å²) < 4.78 is 0. The highest BCUT2D eigenvalue weighted by molar-refractivity contribution is 5.78. The Labute approximate surface area is 111 Å². The van der Waals surface area contributed by atoms with Crippen molar-refractivity contribution in [2.24, 2.45) is 0 Å². The monoisotopic (exact) mass is 256 g/mol. The Bertz CT molecular complexity index is 237. The molecule has 0 saturated carbocycles. The molecule has 1 saturated heterocycles. The average Bonchev–Trinajstić information content (AvgIpc) is 2.39. The van der Waals surface area contributed by atoms with Crippen molar-refractivity contribution in [3.63, 3.8) is 0 Å². The molecule has 0 spiro atoms. The molecule has 0 aromatic rings. The van der Waals surface area contributed by atoms with Gasteiger partial charge in [-0.2, -0.15) is 0 Å². The number of nitrogens with zero attached hydrogens (tertiary/aromatic N) is 3. The largest absolute Gasteiger partial charge is 0.342 e. The molecule has 0 aliphatic carbocycles. The molecule has 1 amide bonds. The average molecular weight is 256 g/mol. The van der Waals surface area contributed by atoms with E-state index >= 15 is 0 Å². The lowest BCUT2D eigenvalue weighted by Gasteiger charge is -2.29. The molecule has 0 radical (unpaired) electrons. The van der Waals surface area contributed by atoms with Crippen LogP contribution in [0.4, 0.5) is 0 Å². The lowest BCUT2D eigenvalue weighted by Crippen LogP contribution is -2.47. The fraction of sp³-hybridized carbons (Fsp3) is 0.923. The number of nitrogens with one attached hydrogen (secondary N) is 1. The topological polar surface area (TPSA) is 38.8 Å². The number of carbonyl (C=O) groups excluding carboxylic acids is 1. The molecule has 1 N–H and O–H groups in total. The van der Waals surface area contributed by atoms with Crippen LogP contribution < -0.4 is 5.32 Å². The van der Waals surface area contributed by atoms with Gasteiger partial charge in [0.15, 0.2) is 0 Å². The summed E-state index contributed by atoms with van der Waals surface area (Å²) in [6.07, 6.45) is 0. The van der Waals surface area contributed by atoms with Gasteiger partial charge in [0.1, 0.15) is 0 Å². The maximum absolute atomic E-state index is 11.9. The van der Waals surface area contributed by atoms with Crippen LogP contribution in [0.1, 0.15) is 13.8 Å². The first-order valence-corrected chi connectivity index (χ1v) is 7.06. The summed E-state index contributed by atoms with van der Waals surface area (Å²) >= 11 is 0. The highest BCUT2D eigenvalue weighted by Crippen LogP contribution is 1.95. The zero-order valence-corrected chi connectivity index (χ0v) is 12.1. The predicted octanol–water partition coefficient (Wildman–Crippen LogP) is -0.308. The third kappa shape index (κ3) is 5.33. The van der Waals surface area contributed by atoms with Gasteiger partial charge in [-0.1, -0.05) is 0 Å². The van der Waals surface area contributed by atoms with Gasteiger partial charge in [0, 0.05) is 52.4 Å². The number of hydrogen-bond acceptors (Lipinski definition) is 4. The van der Waals surface area contributed by atoms with E-state index in [4.69, 9.17) is 0 Å². The fourth-order valence-corrected chi connectivity index (χ4v) is 2.23. The molecule has 0 aromatic heterocycles. The van der Waals surface area contributed by atoms with Gasteiger partial charge in [-0.15, -0.1) is 0 Å². The van der Waals surface area contributed by atoms with Crippen molar-refractivity contribution in [3.05, 3.63) is 0 Å². The second-order valence-electron chi connectivity index (χ2n) is 4.90. The predicted molar refractivity (Wildman–Crippen MR) is 74.7 cm³/mol. The first-order chi connectivity index (χ1) is 8.67. The molecule has 0 atom stereocenters. The number of hydrogen-bond donors (Lipinski definition) is 1. The van der Waals surface area contributed by atoms with Crippen LogP contribution in [0.2, 0.25) is 0 Å². The Kier molecular flexibility index (Phi) is 7.23. The molecule has 5 nitrogen and oxygen atoms in total. The van der Waals surface area contributed by atoms with Gasteiger partial charge in [-0.05, 0) is 20.9 Å². The van der Waals surface area contributed by atoms with E-state index in [9.17, 15) is 4.79 Å². The molecule has 1 aliphatic heterocycles. The van der Waals surface area contributed by atoms with Crippen LogP contribution in [0, 0.1) is 0 Å². The summed E-state index contributed by atoms with van der Waals surface area (Å²) in [6, 6.07) is 0. The van der Waals surface area contributed by atoms with E-state index in [0.29, 0.717) is 6.54 Å². The molecule has 0 bridgehead atoms. The molecular weight excluding hydrogens is 228 g/mol. The standard InChI is InChI=1S/C13H28N4O/c1-4-17(5-2)13(18)12-15(3)10-11-16-8-6-14-7-9-16/h14H,4-12H2,1-3H3. The van der Waals surface area contributed by atoms with E-state index in [1.54, 1.807) is 0 Å². The Morgan fingerprint density at radius 2 is 1.83 bits per heavy atom. The molecule has 1 heterocycles. The molecular formula is C13H28N4O. The first kappa shape index (κ1) is 15.4. The van der Waals surface area contributed by atoms with Crippen molar-refractivity contribution in [2.75, 3.05) is 66.0 Å². The van der Waals surface area contributed by atoms with E-state index < -0.39 is 0 Å². The maximum Gasteiger partial charge on any atom is 0.236 e. The van der Waals surface area contributed by atoms with Gasteiger partial charge in [0.2, 0.25) is 5.91 Å². The van der Waals surface area contributed by atoms with Crippen molar-refractivity contribution >= 4 is 5.91 Å². The lowest BCUT2D eigenvalue weighted by atomic mass is 10.3. The quantitative estimate of drug-likeness (QED) is 0.678.